The molecule has 0 saturated carbocycles. The van der Waals surface area contributed by atoms with Crippen molar-refractivity contribution in [3.63, 3.8) is 0 Å². The lowest BCUT2D eigenvalue weighted by molar-refractivity contribution is -0.137. The quantitative estimate of drug-likeness (QED) is 0.770. The Morgan fingerprint density at radius 1 is 1.16 bits per heavy atom. The molecule has 0 aliphatic carbocycles. The third-order valence-electron chi connectivity index (χ3n) is 4.96. The van der Waals surface area contributed by atoms with Crippen LogP contribution in [0.4, 0.5) is 13.2 Å². The zero-order chi connectivity index (χ0) is 17.9. The molecule has 3 rings (SSSR count). The summed E-state index contributed by atoms with van der Waals surface area (Å²) >= 11 is 0. The second-order valence-corrected chi connectivity index (χ2v) is 6.79. The molecule has 25 heavy (non-hydrogen) atoms. The molecule has 1 amide bonds. The lowest BCUT2D eigenvalue weighted by atomic mass is 10.1. The maximum Gasteiger partial charge on any atom is 0.416 e. The van der Waals surface area contributed by atoms with Crippen LogP contribution in [0.2, 0.25) is 0 Å². The highest BCUT2D eigenvalue weighted by Gasteiger charge is 2.31. The Bertz CT molecular complexity index is 636. The third-order valence-corrected chi connectivity index (χ3v) is 4.96. The van der Waals surface area contributed by atoms with Gasteiger partial charge >= 0.3 is 6.18 Å². The maximum absolute atomic E-state index is 12.8. The minimum atomic E-state index is -4.37. The number of carbonyl (C=O) groups excluding carboxylic acids is 1. The summed E-state index contributed by atoms with van der Waals surface area (Å²) < 4.78 is 38.3. The summed E-state index contributed by atoms with van der Waals surface area (Å²) in [6.07, 6.45) is 2.93. The highest BCUT2D eigenvalue weighted by atomic mass is 19.4. The molecule has 2 heterocycles. The molecule has 2 saturated heterocycles. The van der Waals surface area contributed by atoms with E-state index in [-0.39, 0.29) is 11.9 Å². The van der Waals surface area contributed by atoms with Gasteiger partial charge in [0.05, 0.1) is 5.56 Å². The highest BCUT2D eigenvalue weighted by molar-refractivity contribution is 5.92. The van der Waals surface area contributed by atoms with Crippen molar-refractivity contribution >= 4 is 12.0 Å². The summed E-state index contributed by atoms with van der Waals surface area (Å²) in [5.74, 6) is -0.112. The molecule has 0 unspecified atom stereocenters. The average molecular weight is 352 g/mol. The lowest BCUT2D eigenvalue weighted by Gasteiger charge is -2.27. The molecule has 1 atom stereocenters. The van der Waals surface area contributed by atoms with E-state index in [0.29, 0.717) is 5.56 Å². The molecular weight excluding hydrogens is 329 g/mol. The zero-order valence-corrected chi connectivity index (χ0v) is 14.1. The molecule has 1 aromatic rings. The molecule has 3 nitrogen and oxygen atoms in total. The number of benzene rings is 1. The van der Waals surface area contributed by atoms with Gasteiger partial charge in [0.2, 0.25) is 5.91 Å². The van der Waals surface area contributed by atoms with E-state index in [9.17, 15) is 18.0 Å². The molecule has 136 valence electrons. The molecule has 6 heteroatoms. The number of halogens is 3. The van der Waals surface area contributed by atoms with Gasteiger partial charge < -0.3 is 9.80 Å². The van der Waals surface area contributed by atoms with Crippen LogP contribution in [0.3, 0.4) is 0 Å². The van der Waals surface area contributed by atoms with Crippen LogP contribution in [0.5, 0.6) is 0 Å². The fourth-order valence-corrected chi connectivity index (χ4v) is 3.66. The first-order chi connectivity index (χ1) is 11.9. The van der Waals surface area contributed by atoms with E-state index in [1.807, 2.05) is 4.90 Å². The summed E-state index contributed by atoms with van der Waals surface area (Å²) in [5.41, 5.74) is -0.311. The summed E-state index contributed by atoms with van der Waals surface area (Å²) in [6.45, 7) is 3.82. The van der Waals surface area contributed by atoms with E-state index in [2.05, 4.69) is 4.90 Å². The fraction of sp³-hybridized carbons (Fsp3) is 0.526. The first-order valence-electron chi connectivity index (χ1n) is 8.82. The first-order valence-corrected chi connectivity index (χ1v) is 8.82. The average Bonchev–Trinajstić information content (AvgIpc) is 3.24. The van der Waals surface area contributed by atoms with Crippen LogP contribution < -0.4 is 0 Å². The predicted molar refractivity (Wildman–Crippen MR) is 90.9 cm³/mol. The Kier molecular flexibility index (Phi) is 5.47. The van der Waals surface area contributed by atoms with Gasteiger partial charge in [-0.15, -0.1) is 0 Å². The molecule has 0 N–H and O–H groups in total. The fourth-order valence-electron chi connectivity index (χ4n) is 3.66. The van der Waals surface area contributed by atoms with E-state index < -0.39 is 11.7 Å². The van der Waals surface area contributed by atoms with E-state index >= 15 is 0 Å². The van der Waals surface area contributed by atoms with Crippen molar-refractivity contribution < 1.29 is 18.0 Å². The van der Waals surface area contributed by atoms with Crippen LogP contribution in [0.15, 0.2) is 30.3 Å². The molecule has 2 aliphatic rings. The van der Waals surface area contributed by atoms with Gasteiger partial charge in [-0.2, -0.15) is 13.2 Å². The van der Waals surface area contributed by atoms with E-state index in [4.69, 9.17) is 0 Å². The summed E-state index contributed by atoms with van der Waals surface area (Å²) in [4.78, 5) is 16.7. The largest absolute Gasteiger partial charge is 0.416 e. The normalized spacial score (nSPS) is 22.2. The highest BCUT2D eigenvalue weighted by Crippen LogP contribution is 2.29. The second kappa shape index (κ2) is 7.60. The second-order valence-electron chi connectivity index (χ2n) is 6.79. The Balaban J connectivity index is 1.63. The maximum atomic E-state index is 12.8. The number of hydrogen-bond acceptors (Lipinski definition) is 2. The monoisotopic (exact) mass is 352 g/mol. The Morgan fingerprint density at radius 3 is 2.64 bits per heavy atom. The van der Waals surface area contributed by atoms with Crippen LogP contribution in [0.25, 0.3) is 6.08 Å². The SMILES string of the molecule is O=C(/C=C/c1cccc(C(F)(F)F)c1)N1CCC[C@H]1CN1CCCC1. The van der Waals surface area contributed by atoms with Crippen LogP contribution >= 0.6 is 0 Å². The molecular formula is C19H23F3N2O. The Labute approximate surface area is 146 Å². The van der Waals surface area contributed by atoms with Crippen LogP contribution in [0, 0.1) is 0 Å². The number of amides is 1. The van der Waals surface area contributed by atoms with Crippen LogP contribution in [0.1, 0.15) is 36.8 Å². The van der Waals surface area contributed by atoms with Gasteiger partial charge in [0, 0.05) is 25.2 Å². The number of alkyl halides is 3. The van der Waals surface area contributed by atoms with Gasteiger partial charge in [0.25, 0.3) is 0 Å². The molecule has 0 radical (unpaired) electrons. The Morgan fingerprint density at radius 2 is 1.92 bits per heavy atom. The minimum Gasteiger partial charge on any atom is -0.335 e. The number of likely N-dealkylation sites (tertiary alicyclic amines) is 2. The minimum absolute atomic E-state index is 0.112. The smallest absolute Gasteiger partial charge is 0.335 e. The number of hydrogen-bond donors (Lipinski definition) is 0. The summed E-state index contributed by atoms with van der Waals surface area (Å²) in [5, 5.41) is 0. The zero-order valence-electron chi connectivity index (χ0n) is 14.1. The van der Waals surface area contributed by atoms with E-state index in [1.165, 1.54) is 31.1 Å². The van der Waals surface area contributed by atoms with Crippen LogP contribution in [-0.2, 0) is 11.0 Å². The van der Waals surface area contributed by atoms with Gasteiger partial charge in [-0.3, -0.25) is 4.79 Å². The molecule has 0 aromatic heterocycles. The van der Waals surface area contributed by atoms with Crippen molar-refractivity contribution in [2.75, 3.05) is 26.2 Å². The molecule has 2 fully saturated rings. The number of rotatable bonds is 4. The predicted octanol–water partition coefficient (Wildman–Crippen LogP) is 3.81. The summed E-state index contributed by atoms with van der Waals surface area (Å²) in [6, 6.07) is 5.25. The van der Waals surface area contributed by atoms with Gasteiger partial charge in [-0.05, 0) is 62.5 Å². The third kappa shape index (κ3) is 4.63. The van der Waals surface area contributed by atoms with Gasteiger partial charge in [0.1, 0.15) is 0 Å². The molecule has 1 aromatic carbocycles. The van der Waals surface area contributed by atoms with Crippen molar-refractivity contribution in [1.82, 2.24) is 9.80 Å². The van der Waals surface area contributed by atoms with Crippen molar-refractivity contribution in [1.29, 1.82) is 0 Å². The molecule has 0 bridgehead atoms. The number of carbonyl (C=O) groups is 1. The molecule has 2 aliphatic heterocycles. The van der Waals surface area contributed by atoms with E-state index in [0.717, 1.165) is 51.2 Å². The topological polar surface area (TPSA) is 23.6 Å². The Hall–Kier alpha value is -1.82. The van der Waals surface area contributed by atoms with Crippen molar-refractivity contribution in [2.45, 2.75) is 37.9 Å². The van der Waals surface area contributed by atoms with Gasteiger partial charge in [0.15, 0.2) is 0 Å². The van der Waals surface area contributed by atoms with Crippen molar-refractivity contribution in [2.24, 2.45) is 0 Å². The molecule has 0 spiro atoms. The van der Waals surface area contributed by atoms with Crippen molar-refractivity contribution in [3.05, 3.63) is 41.5 Å². The van der Waals surface area contributed by atoms with Crippen molar-refractivity contribution in [3.8, 4) is 0 Å². The van der Waals surface area contributed by atoms with Gasteiger partial charge in [-0.25, -0.2) is 0 Å². The van der Waals surface area contributed by atoms with Gasteiger partial charge in [-0.1, -0.05) is 12.1 Å². The standard InChI is InChI=1S/C19H23F3N2O/c20-19(21,22)16-6-3-5-15(13-16)8-9-18(25)24-12-4-7-17(24)14-23-10-1-2-11-23/h3,5-6,8-9,13,17H,1-2,4,7,10-12,14H2/b9-8+/t17-/m0/s1. The lowest BCUT2D eigenvalue weighted by Crippen LogP contribution is -2.41. The number of nitrogens with zero attached hydrogens (tertiary/aromatic N) is 2. The van der Waals surface area contributed by atoms with E-state index in [1.54, 1.807) is 6.07 Å². The van der Waals surface area contributed by atoms with Crippen LogP contribution in [-0.4, -0.2) is 47.9 Å². The summed E-state index contributed by atoms with van der Waals surface area (Å²) in [7, 11) is 0. The first kappa shape index (κ1) is 18.0.